The maximum absolute atomic E-state index is 5.94. The molecule has 76 valence electrons. The molecule has 15 heavy (non-hydrogen) atoms. The molecule has 0 N–H and O–H groups in total. The van der Waals surface area contributed by atoms with Crippen LogP contribution in [-0.2, 0) is 0 Å². The molecule has 2 nitrogen and oxygen atoms in total. The molecule has 2 aromatic rings. The normalized spacial score (nSPS) is 10.0. The highest BCUT2D eigenvalue weighted by molar-refractivity contribution is 6.30. The van der Waals surface area contributed by atoms with Crippen molar-refractivity contribution in [2.45, 2.75) is 0 Å². The number of rotatable bonds is 2. The third-order valence-corrected chi connectivity index (χ3v) is 2.34. The van der Waals surface area contributed by atoms with Gasteiger partial charge in [-0.2, -0.15) is 0 Å². The van der Waals surface area contributed by atoms with Crippen molar-refractivity contribution in [1.29, 1.82) is 0 Å². The van der Waals surface area contributed by atoms with Crippen molar-refractivity contribution >= 4 is 11.6 Å². The smallest absolute Gasteiger partial charge is 0.128 e. The molecule has 0 saturated carbocycles. The van der Waals surface area contributed by atoms with E-state index >= 15 is 0 Å². The molecular formula is C12H10ClNO. The molecule has 0 aliphatic carbocycles. The summed E-state index contributed by atoms with van der Waals surface area (Å²) in [6.07, 6.45) is 1.75. The summed E-state index contributed by atoms with van der Waals surface area (Å²) >= 11 is 5.94. The third-order valence-electron chi connectivity index (χ3n) is 2.10. The Labute approximate surface area is 93.5 Å². The lowest BCUT2D eigenvalue weighted by Gasteiger charge is -2.07. The molecule has 0 aliphatic rings. The predicted octanol–water partition coefficient (Wildman–Crippen LogP) is 3.41. The summed E-state index contributed by atoms with van der Waals surface area (Å²) in [5, 5.41) is 0.677. The zero-order valence-electron chi connectivity index (χ0n) is 8.27. The third kappa shape index (κ3) is 2.10. The Morgan fingerprint density at radius 2 is 2.07 bits per heavy atom. The lowest BCUT2D eigenvalue weighted by atomic mass is 10.1. The molecule has 0 atom stereocenters. The Morgan fingerprint density at radius 3 is 2.73 bits per heavy atom. The molecule has 0 aliphatic heterocycles. The average Bonchev–Trinajstić information content (AvgIpc) is 2.30. The zero-order valence-corrected chi connectivity index (χ0v) is 9.03. The first-order valence-corrected chi connectivity index (χ1v) is 4.94. The zero-order chi connectivity index (χ0) is 10.7. The number of ether oxygens (including phenoxy) is 1. The summed E-state index contributed by atoms with van der Waals surface area (Å²) in [4.78, 5) is 4.26. The van der Waals surface area contributed by atoms with Crippen molar-refractivity contribution < 1.29 is 4.74 Å². The monoisotopic (exact) mass is 219 g/mol. The van der Waals surface area contributed by atoms with Crippen molar-refractivity contribution in [2.75, 3.05) is 7.11 Å². The second kappa shape index (κ2) is 4.32. The van der Waals surface area contributed by atoms with Crippen LogP contribution in [0.2, 0.25) is 5.02 Å². The maximum Gasteiger partial charge on any atom is 0.128 e. The number of aromatic nitrogens is 1. The molecule has 0 spiro atoms. The number of nitrogens with zero attached hydrogens (tertiary/aromatic N) is 1. The van der Waals surface area contributed by atoms with Gasteiger partial charge in [0.15, 0.2) is 0 Å². The van der Waals surface area contributed by atoms with Crippen LogP contribution in [0.1, 0.15) is 0 Å². The van der Waals surface area contributed by atoms with E-state index in [0.717, 1.165) is 17.0 Å². The molecule has 1 heterocycles. The van der Waals surface area contributed by atoms with Gasteiger partial charge in [-0.25, -0.2) is 0 Å². The van der Waals surface area contributed by atoms with Gasteiger partial charge >= 0.3 is 0 Å². The van der Waals surface area contributed by atoms with Crippen molar-refractivity contribution in [3.63, 3.8) is 0 Å². The van der Waals surface area contributed by atoms with Gasteiger partial charge in [0, 0.05) is 16.8 Å². The second-order valence-electron chi connectivity index (χ2n) is 3.06. The molecule has 0 radical (unpaired) electrons. The maximum atomic E-state index is 5.94. The van der Waals surface area contributed by atoms with Crippen LogP contribution in [-0.4, -0.2) is 12.1 Å². The van der Waals surface area contributed by atoms with E-state index in [-0.39, 0.29) is 0 Å². The van der Waals surface area contributed by atoms with Crippen LogP contribution in [0.15, 0.2) is 42.6 Å². The van der Waals surface area contributed by atoms with Crippen LogP contribution in [0.25, 0.3) is 11.3 Å². The average molecular weight is 220 g/mol. The Balaban J connectivity index is 2.56. The number of pyridine rings is 1. The molecule has 1 aromatic carbocycles. The largest absolute Gasteiger partial charge is 0.496 e. The SMILES string of the molecule is COc1ccc(Cl)cc1-c1ccccn1. The van der Waals surface area contributed by atoms with Crippen LogP contribution in [0, 0.1) is 0 Å². The molecule has 0 unspecified atom stereocenters. The molecule has 3 heteroatoms. The molecule has 0 amide bonds. The Hall–Kier alpha value is -1.54. The van der Waals surface area contributed by atoms with Crippen molar-refractivity contribution in [3.8, 4) is 17.0 Å². The topological polar surface area (TPSA) is 22.1 Å². The van der Waals surface area contributed by atoms with Crippen molar-refractivity contribution in [2.24, 2.45) is 0 Å². The Bertz CT molecular complexity index is 456. The second-order valence-corrected chi connectivity index (χ2v) is 3.50. The highest BCUT2D eigenvalue weighted by Gasteiger charge is 2.06. The highest BCUT2D eigenvalue weighted by atomic mass is 35.5. The van der Waals surface area contributed by atoms with E-state index in [2.05, 4.69) is 4.98 Å². The van der Waals surface area contributed by atoms with Gasteiger partial charge in [0.05, 0.1) is 12.8 Å². The van der Waals surface area contributed by atoms with E-state index in [1.165, 1.54) is 0 Å². The Morgan fingerprint density at radius 1 is 1.20 bits per heavy atom. The minimum absolute atomic E-state index is 0.677. The van der Waals surface area contributed by atoms with E-state index in [1.54, 1.807) is 19.4 Å². The Kier molecular flexibility index (Phi) is 2.88. The van der Waals surface area contributed by atoms with Crippen LogP contribution in [0.5, 0.6) is 5.75 Å². The number of hydrogen-bond donors (Lipinski definition) is 0. The van der Waals surface area contributed by atoms with Crippen LogP contribution >= 0.6 is 11.6 Å². The lowest BCUT2D eigenvalue weighted by Crippen LogP contribution is -1.89. The standard InChI is InChI=1S/C12H10ClNO/c1-15-12-6-5-9(13)8-10(12)11-4-2-3-7-14-11/h2-8H,1H3. The minimum atomic E-state index is 0.677. The van der Waals surface area contributed by atoms with Gasteiger partial charge in [-0.15, -0.1) is 0 Å². The summed E-state index contributed by atoms with van der Waals surface area (Å²) in [7, 11) is 1.63. The summed E-state index contributed by atoms with van der Waals surface area (Å²) < 4.78 is 5.26. The fourth-order valence-electron chi connectivity index (χ4n) is 1.40. The van der Waals surface area contributed by atoms with Gasteiger partial charge in [-0.05, 0) is 30.3 Å². The molecule has 2 rings (SSSR count). The van der Waals surface area contributed by atoms with E-state index < -0.39 is 0 Å². The fourth-order valence-corrected chi connectivity index (χ4v) is 1.57. The molecule has 0 bridgehead atoms. The first-order valence-electron chi connectivity index (χ1n) is 4.56. The van der Waals surface area contributed by atoms with Gasteiger partial charge in [-0.3, -0.25) is 4.98 Å². The van der Waals surface area contributed by atoms with E-state index in [0.29, 0.717) is 5.02 Å². The summed E-state index contributed by atoms with van der Waals surface area (Å²) in [5.74, 6) is 0.776. The number of hydrogen-bond acceptors (Lipinski definition) is 2. The van der Waals surface area contributed by atoms with Gasteiger partial charge in [0.2, 0.25) is 0 Å². The first-order chi connectivity index (χ1) is 7.31. The van der Waals surface area contributed by atoms with Crippen LogP contribution in [0.4, 0.5) is 0 Å². The number of benzene rings is 1. The summed E-state index contributed by atoms with van der Waals surface area (Å²) in [5.41, 5.74) is 1.77. The minimum Gasteiger partial charge on any atom is -0.496 e. The number of halogens is 1. The molecular weight excluding hydrogens is 210 g/mol. The lowest BCUT2D eigenvalue weighted by molar-refractivity contribution is 0.416. The summed E-state index contributed by atoms with van der Waals surface area (Å²) in [6, 6.07) is 11.2. The van der Waals surface area contributed by atoms with E-state index in [9.17, 15) is 0 Å². The van der Waals surface area contributed by atoms with Gasteiger partial charge in [0.1, 0.15) is 5.75 Å². The fraction of sp³-hybridized carbons (Fsp3) is 0.0833. The predicted molar refractivity (Wildman–Crippen MR) is 61.2 cm³/mol. The molecule has 0 saturated heterocycles. The van der Waals surface area contributed by atoms with E-state index in [1.807, 2.05) is 30.3 Å². The quantitative estimate of drug-likeness (QED) is 0.772. The van der Waals surface area contributed by atoms with Gasteiger partial charge in [0.25, 0.3) is 0 Å². The van der Waals surface area contributed by atoms with Crippen LogP contribution < -0.4 is 4.74 Å². The van der Waals surface area contributed by atoms with Gasteiger partial charge < -0.3 is 4.74 Å². The number of methoxy groups -OCH3 is 1. The highest BCUT2D eigenvalue weighted by Crippen LogP contribution is 2.30. The molecule has 0 fully saturated rings. The van der Waals surface area contributed by atoms with Gasteiger partial charge in [-0.1, -0.05) is 17.7 Å². The molecule has 1 aromatic heterocycles. The first kappa shape index (κ1) is 9.99. The summed E-state index contributed by atoms with van der Waals surface area (Å²) in [6.45, 7) is 0. The van der Waals surface area contributed by atoms with Crippen molar-refractivity contribution in [3.05, 3.63) is 47.6 Å². The van der Waals surface area contributed by atoms with Crippen molar-refractivity contribution in [1.82, 2.24) is 4.98 Å². The van der Waals surface area contributed by atoms with E-state index in [4.69, 9.17) is 16.3 Å². The van der Waals surface area contributed by atoms with Crippen LogP contribution in [0.3, 0.4) is 0 Å².